The predicted molar refractivity (Wildman–Crippen MR) is 72.9 cm³/mol. The summed E-state index contributed by atoms with van der Waals surface area (Å²) in [7, 11) is 1.73. The highest BCUT2D eigenvalue weighted by molar-refractivity contribution is 9.10. The summed E-state index contributed by atoms with van der Waals surface area (Å²) in [6.45, 7) is 6.27. The number of halogens is 1. The lowest BCUT2D eigenvalue weighted by atomic mass is 10.1. The molecule has 0 amide bonds. The van der Waals surface area contributed by atoms with Gasteiger partial charge in [0.05, 0.1) is 22.5 Å². The summed E-state index contributed by atoms with van der Waals surface area (Å²) >= 11 is 3.52. The van der Waals surface area contributed by atoms with Gasteiger partial charge in [-0.2, -0.15) is 5.10 Å². The minimum absolute atomic E-state index is 0.00752. The molecule has 0 spiro atoms. The van der Waals surface area contributed by atoms with Gasteiger partial charge in [0.15, 0.2) is 0 Å². The Hall–Kier alpha value is -0.390. The predicted octanol–water partition coefficient (Wildman–Crippen LogP) is 3.04. The first-order valence-corrected chi connectivity index (χ1v) is 6.78. The van der Waals surface area contributed by atoms with Gasteiger partial charge in [-0.05, 0) is 49.5 Å². The van der Waals surface area contributed by atoms with E-state index in [1.807, 2.05) is 10.9 Å². The Kier molecular flexibility index (Phi) is 5.62. The van der Waals surface area contributed by atoms with E-state index < -0.39 is 0 Å². The van der Waals surface area contributed by atoms with Crippen LogP contribution in [0.5, 0.6) is 0 Å². The molecule has 5 heteroatoms. The lowest BCUT2D eigenvalue weighted by molar-refractivity contribution is 0.107. The number of ether oxygens (including phenoxy) is 1. The number of rotatable bonds is 6. The summed E-state index contributed by atoms with van der Waals surface area (Å²) in [6, 6.07) is 0.314. The molecular weight excluding hydrogens is 282 g/mol. The Bertz CT molecular complexity index is 352. The molecule has 0 saturated heterocycles. The first-order chi connectivity index (χ1) is 7.97. The zero-order valence-electron chi connectivity index (χ0n) is 11.0. The molecule has 98 valence electrons. The second-order valence-corrected chi connectivity index (χ2v) is 5.50. The maximum atomic E-state index is 6.24. The molecule has 4 nitrogen and oxygen atoms in total. The van der Waals surface area contributed by atoms with Gasteiger partial charge >= 0.3 is 0 Å². The minimum atomic E-state index is -0.00752. The molecule has 0 aromatic carbocycles. The van der Waals surface area contributed by atoms with Crippen molar-refractivity contribution in [3.63, 3.8) is 0 Å². The van der Waals surface area contributed by atoms with Crippen molar-refractivity contribution in [2.45, 2.75) is 51.8 Å². The van der Waals surface area contributed by atoms with Crippen LogP contribution in [0.3, 0.4) is 0 Å². The zero-order valence-corrected chi connectivity index (χ0v) is 12.6. The van der Waals surface area contributed by atoms with Crippen molar-refractivity contribution in [3.8, 4) is 0 Å². The Morgan fingerprint density at radius 1 is 1.41 bits per heavy atom. The second-order valence-electron chi connectivity index (χ2n) is 4.65. The fourth-order valence-electron chi connectivity index (χ4n) is 1.78. The fourth-order valence-corrected chi connectivity index (χ4v) is 2.35. The van der Waals surface area contributed by atoms with E-state index in [-0.39, 0.29) is 12.1 Å². The van der Waals surface area contributed by atoms with Crippen LogP contribution in [0.25, 0.3) is 0 Å². The molecule has 0 saturated carbocycles. The van der Waals surface area contributed by atoms with Gasteiger partial charge < -0.3 is 10.5 Å². The van der Waals surface area contributed by atoms with E-state index in [4.69, 9.17) is 10.5 Å². The van der Waals surface area contributed by atoms with E-state index in [9.17, 15) is 0 Å². The summed E-state index contributed by atoms with van der Waals surface area (Å²) in [5.74, 6) is 0. The van der Waals surface area contributed by atoms with Gasteiger partial charge in [0, 0.05) is 19.2 Å². The van der Waals surface area contributed by atoms with Crippen LogP contribution >= 0.6 is 15.9 Å². The van der Waals surface area contributed by atoms with E-state index in [1.165, 1.54) is 0 Å². The van der Waals surface area contributed by atoms with Gasteiger partial charge in [0.1, 0.15) is 0 Å². The Labute approximate surface area is 112 Å². The van der Waals surface area contributed by atoms with Gasteiger partial charge in [-0.1, -0.05) is 0 Å². The lowest BCUT2D eigenvalue weighted by Gasteiger charge is -2.18. The van der Waals surface area contributed by atoms with Crippen LogP contribution in [0.4, 0.5) is 0 Å². The highest BCUT2D eigenvalue weighted by Crippen LogP contribution is 2.27. The first-order valence-electron chi connectivity index (χ1n) is 5.98. The topological polar surface area (TPSA) is 53.1 Å². The van der Waals surface area contributed by atoms with E-state index >= 15 is 0 Å². The summed E-state index contributed by atoms with van der Waals surface area (Å²) in [5.41, 5.74) is 7.31. The molecule has 1 heterocycles. The van der Waals surface area contributed by atoms with Crippen molar-refractivity contribution in [2.75, 3.05) is 7.11 Å². The van der Waals surface area contributed by atoms with Crippen LogP contribution in [0.1, 0.15) is 51.4 Å². The molecule has 1 aromatic rings. The number of hydrogen-bond acceptors (Lipinski definition) is 3. The molecule has 2 unspecified atom stereocenters. The molecule has 1 rings (SSSR count). The molecular formula is C12H22BrN3O. The quantitative estimate of drug-likeness (QED) is 0.879. The third kappa shape index (κ3) is 3.79. The van der Waals surface area contributed by atoms with Crippen molar-refractivity contribution in [1.82, 2.24) is 9.78 Å². The van der Waals surface area contributed by atoms with E-state index in [1.54, 1.807) is 7.11 Å². The first kappa shape index (κ1) is 14.7. The minimum Gasteiger partial charge on any atom is -0.382 e. The summed E-state index contributed by atoms with van der Waals surface area (Å²) < 4.78 is 8.20. The van der Waals surface area contributed by atoms with Gasteiger partial charge in [0.2, 0.25) is 0 Å². The second kappa shape index (κ2) is 6.52. The Morgan fingerprint density at radius 3 is 2.59 bits per heavy atom. The number of nitrogens with two attached hydrogens (primary N) is 1. The Balaban J connectivity index is 2.74. The standard InChI is InChI=1S/C12H22BrN3O/c1-8(2)16-12(10(13)7-15-16)11(14)6-5-9(3)17-4/h7-9,11H,5-6,14H2,1-4H3. The average Bonchev–Trinajstić information content (AvgIpc) is 2.67. The van der Waals surface area contributed by atoms with E-state index in [0.29, 0.717) is 6.04 Å². The molecule has 2 atom stereocenters. The average molecular weight is 304 g/mol. The van der Waals surface area contributed by atoms with Crippen LogP contribution in [-0.2, 0) is 4.74 Å². The van der Waals surface area contributed by atoms with Crippen molar-refractivity contribution in [3.05, 3.63) is 16.4 Å². The molecule has 0 aliphatic carbocycles. The van der Waals surface area contributed by atoms with Crippen LogP contribution in [0, 0.1) is 0 Å². The number of methoxy groups -OCH3 is 1. The molecule has 0 aliphatic heterocycles. The van der Waals surface area contributed by atoms with Crippen LogP contribution in [0.15, 0.2) is 10.7 Å². The maximum absolute atomic E-state index is 6.24. The van der Waals surface area contributed by atoms with Gasteiger partial charge in [-0.3, -0.25) is 4.68 Å². The third-order valence-corrected chi connectivity index (χ3v) is 3.52. The molecule has 17 heavy (non-hydrogen) atoms. The zero-order chi connectivity index (χ0) is 13.0. The molecule has 0 radical (unpaired) electrons. The molecule has 0 bridgehead atoms. The summed E-state index contributed by atoms with van der Waals surface area (Å²) in [6.07, 6.45) is 3.91. The SMILES string of the molecule is COC(C)CCC(N)c1c(Br)cnn1C(C)C. The third-order valence-electron chi connectivity index (χ3n) is 2.91. The van der Waals surface area contributed by atoms with Gasteiger partial charge in [0.25, 0.3) is 0 Å². The largest absolute Gasteiger partial charge is 0.382 e. The van der Waals surface area contributed by atoms with Crippen molar-refractivity contribution >= 4 is 15.9 Å². The van der Waals surface area contributed by atoms with Crippen molar-refractivity contribution in [2.24, 2.45) is 5.73 Å². The smallest absolute Gasteiger partial charge is 0.0696 e. The van der Waals surface area contributed by atoms with E-state index in [0.717, 1.165) is 23.0 Å². The number of aromatic nitrogens is 2. The molecule has 0 aliphatic rings. The highest BCUT2D eigenvalue weighted by atomic mass is 79.9. The summed E-state index contributed by atoms with van der Waals surface area (Å²) in [4.78, 5) is 0. The number of hydrogen-bond donors (Lipinski definition) is 1. The highest BCUT2D eigenvalue weighted by Gasteiger charge is 2.18. The summed E-state index contributed by atoms with van der Waals surface area (Å²) in [5, 5.41) is 4.34. The van der Waals surface area contributed by atoms with E-state index in [2.05, 4.69) is 41.8 Å². The number of nitrogens with zero attached hydrogens (tertiary/aromatic N) is 2. The maximum Gasteiger partial charge on any atom is 0.0696 e. The molecule has 2 N–H and O–H groups in total. The molecule has 1 aromatic heterocycles. The Morgan fingerprint density at radius 2 is 2.06 bits per heavy atom. The fraction of sp³-hybridized carbons (Fsp3) is 0.750. The monoisotopic (exact) mass is 303 g/mol. The van der Waals surface area contributed by atoms with Crippen molar-refractivity contribution < 1.29 is 4.74 Å². The van der Waals surface area contributed by atoms with Crippen molar-refractivity contribution in [1.29, 1.82) is 0 Å². The lowest BCUT2D eigenvalue weighted by Crippen LogP contribution is -2.20. The molecule has 0 fully saturated rings. The van der Waals surface area contributed by atoms with Crippen LogP contribution in [0.2, 0.25) is 0 Å². The van der Waals surface area contributed by atoms with Crippen LogP contribution < -0.4 is 5.73 Å². The van der Waals surface area contributed by atoms with Gasteiger partial charge in [-0.15, -0.1) is 0 Å². The van der Waals surface area contributed by atoms with Gasteiger partial charge in [-0.25, -0.2) is 0 Å². The normalized spacial score (nSPS) is 15.2. The van der Waals surface area contributed by atoms with Crippen LogP contribution in [-0.4, -0.2) is 23.0 Å².